The lowest BCUT2D eigenvalue weighted by atomic mass is 9.83. The third kappa shape index (κ3) is 4.04. The molecule has 126 valence electrons. The number of nitrogens with zero attached hydrogens (tertiary/aromatic N) is 1. The van der Waals surface area contributed by atoms with Crippen molar-refractivity contribution in [2.45, 2.75) is 25.8 Å². The summed E-state index contributed by atoms with van der Waals surface area (Å²) in [6.45, 7) is 7.94. The van der Waals surface area contributed by atoms with Crippen LogP contribution in [0.15, 0.2) is 61.2 Å². The average molecular weight is 346 g/mol. The van der Waals surface area contributed by atoms with Crippen LogP contribution < -0.4 is 0 Å². The van der Waals surface area contributed by atoms with Crippen molar-refractivity contribution in [3.8, 4) is 0 Å². The monoisotopic (exact) mass is 345 g/mol. The third-order valence-corrected chi connectivity index (χ3v) is 4.27. The molecule has 24 heavy (non-hydrogen) atoms. The Hall–Kier alpha value is -2.13. The maximum atomic E-state index is 13.9. The molecule has 0 N–H and O–H groups in total. The molecule has 0 bridgehead atoms. The van der Waals surface area contributed by atoms with Crippen molar-refractivity contribution in [3.05, 3.63) is 83.2 Å². The Balaban J connectivity index is 2.31. The fraction of sp³-hybridized carbons (Fsp3) is 0.250. The van der Waals surface area contributed by atoms with Crippen LogP contribution in [0.5, 0.6) is 0 Å². The SMILES string of the molecule is C=CCN(Cc1ccccc1F)C(=O)C(C)(C)c1cccc(Cl)c1. The van der Waals surface area contributed by atoms with Gasteiger partial charge in [0.25, 0.3) is 0 Å². The van der Waals surface area contributed by atoms with Crippen LogP contribution in [-0.4, -0.2) is 17.4 Å². The molecule has 0 heterocycles. The van der Waals surface area contributed by atoms with Crippen LogP contribution in [-0.2, 0) is 16.8 Å². The molecule has 4 heteroatoms. The van der Waals surface area contributed by atoms with Crippen molar-refractivity contribution in [2.75, 3.05) is 6.54 Å². The van der Waals surface area contributed by atoms with Gasteiger partial charge in [0.15, 0.2) is 0 Å². The summed E-state index contributed by atoms with van der Waals surface area (Å²) < 4.78 is 13.9. The molecule has 1 amide bonds. The lowest BCUT2D eigenvalue weighted by Crippen LogP contribution is -2.43. The predicted molar refractivity (Wildman–Crippen MR) is 96.5 cm³/mol. The summed E-state index contributed by atoms with van der Waals surface area (Å²) in [4.78, 5) is 14.7. The van der Waals surface area contributed by atoms with Crippen molar-refractivity contribution < 1.29 is 9.18 Å². The molecule has 2 aromatic carbocycles. The van der Waals surface area contributed by atoms with Crippen molar-refractivity contribution >= 4 is 17.5 Å². The van der Waals surface area contributed by atoms with Gasteiger partial charge in [-0.2, -0.15) is 0 Å². The first-order valence-electron chi connectivity index (χ1n) is 7.76. The summed E-state index contributed by atoms with van der Waals surface area (Å²) in [6, 6.07) is 13.7. The molecule has 0 atom stereocenters. The fourth-order valence-corrected chi connectivity index (χ4v) is 2.79. The van der Waals surface area contributed by atoms with E-state index in [-0.39, 0.29) is 18.3 Å². The van der Waals surface area contributed by atoms with Gasteiger partial charge in [0, 0.05) is 23.7 Å². The minimum atomic E-state index is -0.779. The van der Waals surface area contributed by atoms with Crippen LogP contribution in [0.3, 0.4) is 0 Å². The van der Waals surface area contributed by atoms with Crippen LogP contribution in [0.4, 0.5) is 4.39 Å². The van der Waals surface area contributed by atoms with Gasteiger partial charge in [0.2, 0.25) is 5.91 Å². The van der Waals surface area contributed by atoms with E-state index in [9.17, 15) is 9.18 Å². The second-order valence-electron chi connectivity index (χ2n) is 6.20. The summed E-state index contributed by atoms with van der Waals surface area (Å²) >= 11 is 6.06. The number of amides is 1. The molecule has 0 aliphatic rings. The van der Waals surface area contributed by atoms with E-state index in [0.717, 1.165) is 5.56 Å². The van der Waals surface area contributed by atoms with Crippen molar-refractivity contribution in [3.63, 3.8) is 0 Å². The van der Waals surface area contributed by atoms with Crippen LogP contribution in [0.25, 0.3) is 0 Å². The lowest BCUT2D eigenvalue weighted by Gasteiger charge is -2.32. The highest BCUT2D eigenvalue weighted by atomic mass is 35.5. The van der Waals surface area contributed by atoms with Crippen molar-refractivity contribution in [1.29, 1.82) is 0 Å². The normalized spacial score (nSPS) is 11.2. The zero-order valence-corrected chi connectivity index (χ0v) is 14.7. The Morgan fingerprint density at radius 3 is 2.58 bits per heavy atom. The topological polar surface area (TPSA) is 20.3 Å². The van der Waals surface area contributed by atoms with E-state index >= 15 is 0 Å². The van der Waals surface area contributed by atoms with E-state index in [1.54, 1.807) is 41.3 Å². The zero-order valence-electron chi connectivity index (χ0n) is 13.9. The van der Waals surface area contributed by atoms with Gasteiger partial charge in [-0.3, -0.25) is 4.79 Å². The average Bonchev–Trinajstić information content (AvgIpc) is 2.55. The van der Waals surface area contributed by atoms with Gasteiger partial charge in [0.1, 0.15) is 5.82 Å². The number of halogens is 2. The number of rotatable bonds is 6. The molecular formula is C20H21ClFNO. The Morgan fingerprint density at radius 2 is 1.96 bits per heavy atom. The Kier molecular flexibility index (Phi) is 5.79. The van der Waals surface area contributed by atoms with Crippen LogP contribution in [0, 0.1) is 5.82 Å². The number of carbonyl (C=O) groups excluding carboxylic acids is 1. The Morgan fingerprint density at radius 1 is 1.25 bits per heavy atom. The maximum Gasteiger partial charge on any atom is 0.233 e. The first kappa shape index (κ1) is 18.2. The molecule has 2 aromatic rings. The molecule has 0 aliphatic carbocycles. The summed E-state index contributed by atoms with van der Waals surface area (Å²) in [7, 11) is 0. The second kappa shape index (κ2) is 7.63. The fourth-order valence-electron chi connectivity index (χ4n) is 2.60. The molecule has 0 radical (unpaired) electrons. The van der Waals surface area contributed by atoms with E-state index in [0.29, 0.717) is 17.1 Å². The molecule has 0 aliphatic heterocycles. The number of carbonyl (C=O) groups is 1. The summed E-state index contributed by atoms with van der Waals surface area (Å²) in [5, 5.41) is 0.581. The van der Waals surface area contributed by atoms with Gasteiger partial charge in [-0.25, -0.2) is 4.39 Å². The lowest BCUT2D eigenvalue weighted by molar-refractivity contribution is -0.136. The summed E-state index contributed by atoms with van der Waals surface area (Å²) in [5.74, 6) is -0.423. The molecular weight excluding hydrogens is 325 g/mol. The van der Waals surface area contributed by atoms with Crippen molar-refractivity contribution in [2.24, 2.45) is 0 Å². The highest BCUT2D eigenvalue weighted by molar-refractivity contribution is 6.30. The van der Waals surface area contributed by atoms with E-state index in [4.69, 9.17) is 11.6 Å². The van der Waals surface area contributed by atoms with Gasteiger partial charge >= 0.3 is 0 Å². The van der Waals surface area contributed by atoms with Gasteiger partial charge < -0.3 is 4.90 Å². The molecule has 0 saturated heterocycles. The summed E-state index contributed by atoms with van der Waals surface area (Å²) in [6.07, 6.45) is 1.65. The number of hydrogen-bond donors (Lipinski definition) is 0. The summed E-state index contributed by atoms with van der Waals surface area (Å²) in [5.41, 5.74) is 0.524. The quantitative estimate of drug-likeness (QED) is 0.677. The minimum absolute atomic E-state index is 0.104. The standard InChI is InChI=1S/C20H21ClFNO/c1-4-12-23(14-15-8-5-6-11-18(15)22)19(24)20(2,3)16-9-7-10-17(21)13-16/h4-11,13H,1,12,14H2,2-3H3. The molecule has 0 fully saturated rings. The van der Waals surface area contributed by atoms with E-state index in [1.165, 1.54) is 6.07 Å². The maximum absolute atomic E-state index is 13.9. The molecule has 2 nitrogen and oxygen atoms in total. The Labute approximate surface area is 147 Å². The molecule has 0 saturated carbocycles. The first-order valence-corrected chi connectivity index (χ1v) is 8.13. The van der Waals surface area contributed by atoms with E-state index in [1.807, 2.05) is 26.0 Å². The molecule has 2 rings (SSSR count). The van der Waals surface area contributed by atoms with Crippen LogP contribution >= 0.6 is 11.6 Å². The van der Waals surface area contributed by atoms with Crippen molar-refractivity contribution in [1.82, 2.24) is 4.90 Å². The van der Waals surface area contributed by atoms with Gasteiger partial charge in [-0.05, 0) is 37.6 Å². The van der Waals surface area contributed by atoms with Crippen LogP contribution in [0.2, 0.25) is 5.02 Å². The minimum Gasteiger partial charge on any atom is -0.334 e. The predicted octanol–water partition coefficient (Wildman–Crippen LogP) is 4.97. The van der Waals surface area contributed by atoms with Gasteiger partial charge in [-0.1, -0.05) is 48.0 Å². The Bertz CT molecular complexity index is 742. The first-order chi connectivity index (χ1) is 11.4. The highest BCUT2D eigenvalue weighted by Gasteiger charge is 2.33. The highest BCUT2D eigenvalue weighted by Crippen LogP contribution is 2.28. The van der Waals surface area contributed by atoms with Gasteiger partial charge in [-0.15, -0.1) is 6.58 Å². The second-order valence-corrected chi connectivity index (χ2v) is 6.64. The number of hydrogen-bond acceptors (Lipinski definition) is 1. The number of benzene rings is 2. The van der Waals surface area contributed by atoms with Crippen LogP contribution in [0.1, 0.15) is 25.0 Å². The molecule has 0 spiro atoms. The van der Waals surface area contributed by atoms with E-state index < -0.39 is 5.41 Å². The molecule has 0 aromatic heterocycles. The third-order valence-electron chi connectivity index (χ3n) is 4.04. The smallest absolute Gasteiger partial charge is 0.233 e. The van der Waals surface area contributed by atoms with Gasteiger partial charge in [0.05, 0.1) is 5.41 Å². The van der Waals surface area contributed by atoms with E-state index in [2.05, 4.69) is 6.58 Å². The largest absolute Gasteiger partial charge is 0.334 e. The molecule has 0 unspecified atom stereocenters. The zero-order chi connectivity index (χ0) is 17.7.